The number of rotatable bonds is 8. The smallest absolute Gasteiger partial charge is 0.167 e. The molecule has 0 saturated heterocycles. The number of hydrogen-bond donors (Lipinski definition) is 0. The average molecular weight is 451 g/mol. The van der Waals surface area contributed by atoms with Crippen LogP contribution in [0.2, 0.25) is 0 Å². The van der Waals surface area contributed by atoms with Crippen molar-refractivity contribution in [2.75, 3.05) is 19.0 Å². The number of nitrogens with zero attached hydrogens (tertiary/aromatic N) is 6. The Bertz CT molecular complexity index is 1370. The van der Waals surface area contributed by atoms with Crippen LogP contribution in [-0.4, -0.2) is 38.6 Å². The van der Waals surface area contributed by atoms with Crippen molar-refractivity contribution >= 4 is 22.7 Å². The topological polar surface area (TPSA) is 58.8 Å². The Morgan fingerprint density at radius 1 is 0.853 bits per heavy atom. The fraction of sp³-hybridized carbons (Fsp3) is 0.148. The molecule has 0 atom stereocenters. The second-order valence-electron chi connectivity index (χ2n) is 8.32. The SMILES string of the molecule is CN(C)Cc1ccc(N(c2cccc(OCc3ccccc3)c2)c2ncnn3cncc23)cc1. The summed E-state index contributed by atoms with van der Waals surface area (Å²) in [7, 11) is 4.14. The third-order valence-electron chi connectivity index (χ3n) is 5.43. The Morgan fingerprint density at radius 2 is 1.68 bits per heavy atom. The first kappa shape index (κ1) is 21.6. The van der Waals surface area contributed by atoms with E-state index in [0.29, 0.717) is 6.61 Å². The lowest BCUT2D eigenvalue weighted by Crippen LogP contribution is -2.14. The molecule has 0 radical (unpaired) electrons. The van der Waals surface area contributed by atoms with Crippen LogP contribution < -0.4 is 9.64 Å². The van der Waals surface area contributed by atoms with Gasteiger partial charge in [0.1, 0.15) is 30.5 Å². The minimum atomic E-state index is 0.504. The van der Waals surface area contributed by atoms with Crippen LogP contribution in [0.15, 0.2) is 97.7 Å². The lowest BCUT2D eigenvalue weighted by Gasteiger charge is -2.25. The number of hydrogen-bond acceptors (Lipinski definition) is 6. The minimum absolute atomic E-state index is 0.504. The highest BCUT2D eigenvalue weighted by molar-refractivity contribution is 5.83. The molecule has 5 rings (SSSR count). The van der Waals surface area contributed by atoms with Crippen LogP contribution in [-0.2, 0) is 13.2 Å². The van der Waals surface area contributed by atoms with Gasteiger partial charge in [-0.15, -0.1) is 0 Å². The van der Waals surface area contributed by atoms with E-state index in [0.717, 1.165) is 40.6 Å². The van der Waals surface area contributed by atoms with Crippen LogP contribution in [0.1, 0.15) is 11.1 Å². The maximum Gasteiger partial charge on any atom is 0.167 e. The lowest BCUT2D eigenvalue weighted by atomic mass is 10.1. The summed E-state index contributed by atoms with van der Waals surface area (Å²) in [5.74, 6) is 1.53. The maximum absolute atomic E-state index is 6.11. The molecule has 0 spiro atoms. The van der Waals surface area contributed by atoms with E-state index in [-0.39, 0.29) is 0 Å². The van der Waals surface area contributed by atoms with Crippen LogP contribution in [0.4, 0.5) is 17.2 Å². The Balaban J connectivity index is 1.53. The quantitative estimate of drug-likeness (QED) is 0.322. The first-order chi connectivity index (χ1) is 16.7. The number of fused-ring (bicyclic) bond motifs is 1. The highest BCUT2D eigenvalue weighted by Gasteiger charge is 2.18. The van der Waals surface area contributed by atoms with E-state index in [2.05, 4.69) is 81.4 Å². The third-order valence-corrected chi connectivity index (χ3v) is 5.43. The number of benzene rings is 3. The van der Waals surface area contributed by atoms with Gasteiger partial charge in [-0.25, -0.2) is 14.5 Å². The third kappa shape index (κ3) is 4.74. The van der Waals surface area contributed by atoms with Crippen molar-refractivity contribution < 1.29 is 4.74 Å². The van der Waals surface area contributed by atoms with Gasteiger partial charge in [-0.1, -0.05) is 48.5 Å². The molecule has 7 heteroatoms. The van der Waals surface area contributed by atoms with Crippen LogP contribution in [0.5, 0.6) is 5.75 Å². The lowest BCUT2D eigenvalue weighted by molar-refractivity contribution is 0.306. The molecular weight excluding hydrogens is 424 g/mol. The molecule has 0 aliphatic heterocycles. The molecule has 0 N–H and O–H groups in total. The Hall–Kier alpha value is -4.23. The van der Waals surface area contributed by atoms with Gasteiger partial charge in [-0.3, -0.25) is 4.90 Å². The first-order valence-corrected chi connectivity index (χ1v) is 11.1. The molecule has 2 heterocycles. The fourth-order valence-electron chi connectivity index (χ4n) is 3.88. The zero-order valence-corrected chi connectivity index (χ0v) is 19.2. The molecule has 0 unspecified atom stereocenters. The molecule has 3 aromatic carbocycles. The molecule has 0 aliphatic carbocycles. The van der Waals surface area contributed by atoms with Crippen LogP contribution in [0.3, 0.4) is 0 Å². The summed E-state index contributed by atoms with van der Waals surface area (Å²) >= 11 is 0. The molecule has 5 aromatic rings. The summed E-state index contributed by atoms with van der Waals surface area (Å²) in [6.07, 6.45) is 5.00. The molecule has 7 nitrogen and oxygen atoms in total. The summed E-state index contributed by atoms with van der Waals surface area (Å²) in [5, 5.41) is 4.29. The van der Waals surface area contributed by atoms with E-state index >= 15 is 0 Å². The minimum Gasteiger partial charge on any atom is -0.489 e. The summed E-state index contributed by atoms with van der Waals surface area (Å²) in [6, 6.07) is 26.7. The van der Waals surface area contributed by atoms with Crippen molar-refractivity contribution in [2.24, 2.45) is 0 Å². The van der Waals surface area contributed by atoms with E-state index < -0.39 is 0 Å². The Labute approximate surface area is 198 Å². The van der Waals surface area contributed by atoms with E-state index in [1.807, 2.05) is 36.4 Å². The molecule has 170 valence electrons. The average Bonchev–Trinajstić information content (AvgIpc) is 3.35. The predicted molar refractivity (Wildman–Crippen MR) is 134 cm³/mol. The number of aromatic nitrogens is 4. The maximum atomic E-state index is 6.11. The summed E-state index contributed by atoms with van der Waals surface area (Å²) in [4.78, 5) is 13.2. The van der Waals surface area contributed by atoms with E-state index in [4.69, 9.17) is 4.74 Å². The standard InChI is InChI=1S/C27H26N6O/c1-31(2)17-21-11-13-23(14-12-21)33(27-26-16-28-20-32(26)30-19-29-27)24-9-6-10-25(15-24)34-18-22-7-4-3-5-8-22/h3-16,19-20H,17-18H2,1-2H3. The fourth-order valence-corrected chi connectivity index (χ4v) is 3.88. The largest absolute Gasteiger partial charge is 0.489 e. The van der Waals surface area contributed by atoms with Crippen LogP contribution in [0, 0.1) is 0 Å². The van der Waals surface area contributed by atoms with Crippen LogP contribution in [0.25, 0.3) is 5.52 Å². The predicted octanol–water partition coefficient (Wildman–Crippen LogP) is 5.23. The monoisotopic (exact) mass is 450 g/mol. The van der Waals surface area contributed by atoms with Gasteiger partial charge in [0.15, 0.2) is 5.82 Å². The van der Waals surface area contributed by atoms with Crippen molar-refractivity contribution in [3.8, 4) is 5.75 Å². The Kier molecular flexibility index (Phi) is 6.18. The van der Waals surface area contributed by atoms with Gasteiger partial charge in [0.25, 0.3) is 0 Å². The van der Waals surface area contributed by atoms with E-state index in [1.54, 1.807) is 23.4 Å². The number of ether oxygens (including phenoxy) is 1. The van der Waals surface area contributed by atoms with E-state index in [9.17, 15) is 0 Å². The van der Waals surface area contributed by atoms with Gasteiger partial charge in [0, 0.05) is 18.3 Å². The Morgan fingerprint density at radius 3 is 2.47 bits per heavy atom. The van der Waals surface area contributed by atoms with Crippen molar-refractivity contribution in [1.82, 2.24) is 24.5 Å². The highest BCUT2D eigenvalue weighted by atomic mass is 16.5. The van der Waals surface area contributed by atoms with Gasteiger partial charge >= 0.3 is 0 Å². The van der Waals surface area contributed by atoms with Crippen molar-refractivity contribution in [3.05, 3.63) is 109 Å². The van der Waals surface area contributed by atoms with Crippen molar-refractivity contribution in [2.45, 2.75) is 13.2 Å². The molecular formula is C27H26N6O. The molecule has 0 bridgehead atoms. The molecule has 0 aliphatic rings. The van der Waals surface area contributed by atoms with Gasteiger partial charge in [-0.2, -0.15) is 5.10 Å². The number of anilines is 3. The van der Waals surface area contributed by atoms with Gasteiger partial charge in [0.2, 0.25) is 0 Å². The van der Waals surface area contributed by atoms with Crippen molar-refractivity contribution in [3.63, 3.8) is 0 Å². The zero-order chi connectivity index (χ0) is 23.3. The normalized spacial score (nSPS) is 11.1. The van der Waals surface area contributed by atoms with Gasteiger partial charge in [0.05, 0.1) is 11.9 Å². The summed E-state index contributed by atoms with van der Waals surface area (Å²) in [5.41, 5.74) is 5.11. The number of imidazole rings is 1. The second kappa shape index (κ2) is 9.72. The van der Waals surface area contributed by atoms with E-state index in [1.165, 1.54) is 5.56 Å². The van der Waals surface area contributed by atoms with Crippen molar-refractivity contribution in [1.29, 1.82) is 0 Å². The van der Waals surface area contributed by atoms with Gasteiger partial charge in [-0.05, 0) is 49.5 Å². The van der Waals surface area contributed by atoms with Crippen LogP contribution >= 0.6 is 0 Å². The second-order valence-corrected chi connectivity index (χ2v) is 8.32. The molecule has 34 heavy (non-hydrogen) atoms. The molecule has 0 saturated carbocycles. The molecule has 0 amide bonds. The first-order valence-electron chi connectivity index (χ1n) is 11.1. The molecule has 0 fully saturated rings. The summed E-state index contributed by atoms with van der Waals surface area (Å²) in [6.45, 7) is 1.38. The highest BCUT2D eigenvalue weighted by Crippen LogP contribution is 2.37. The summed E-state index contributed by atoms with van der Waals surface area (Å²) < 4.78 is 7.84. The zero-order valence-electron chi connectivity index (χ0n) is 19.2. The van der Waals surface area contributed by atoms with Gasteiger partial charge < -0.3 is 9.64 Å². The molecule has 2 aromatic heterocycles.